The van der Waals surface area contributed by atoms with Gasteiger partial charge in [-0.25, -0.2) is 0 Å². The number of carbonyl (C=O) groups excluding carboxylic acids is 2. The van der Waals surface area contributed by atoms with E-state index in [4.69, 9.17) is 0 Å². The molecule has 4 nitrogen and oxygen atoms in total. The number of fused-ring (bicyclic) bond motifs is 1. The van der Waals surface area contributed by atoms with Gasteiger partial charge in [0.15, 0.2) is 0 Å². The standard InChI is InChI=1S/C20H19F3N2O2/c1-2-18(26)25-10-9-15-16(7-4-8-17(15)25)19(27)24-12-13-5-3-6-14(11-13)20(21,22)23/h3-8,11H,2,9-10,12H2,1H3,(H,24,27). The Labute approximate surface area is 155 Å². The lowest BCUT2D eigenvalue weighted by Crippen LogP contribution is -2.27. The summed E-state index contributed by atoms with van der Waals surface area (Å²) in [5.41, 5.74) is 1.59. The first-order valence-electron chi connectivity index (χ1n) is 8.68. The van der Waals surface area contributed by atoms with Gasteiger partial charge in [-0.1, -0.05) is 25.1 Å². The first kappa shape index (κ1) is 18.9. The smallest absolute Gasteiger partial charge is 0.348 e. The lowest BCUT2D eigenvalue weighted by atomic mass is 10.0. The first-order valence-corrected chi connectivity index (χ1v) is 8.68. The van der Waals surface area contributed by atoms with Gasteiger partial charge in [0.1, 0.15) is 0 Å². The van der Waals surface area contributed by atoms with Crippen LogP contribution in [-0.2, 0) is 23.9 Å². The maximum absolute atomic E-state index is 12.8. The van der Waals surface area contributed by atoms with E-state index in [0.29, 0.717) is 30.5 Å². The minimum absolute atomic E-state index is 0.00438. The quantitative estimate of drug-likeness (QED) is 0.879. The van der Waals surface area contributed by atoms with E-state index in [1.54, 1.807) is 30.0 Å². The molecular weight excluding hydrogens is 357 g/mol. The Bertz CT molecular complexity index is 878. The van der Waals surface area contributed by atoms with Crippen molar-refractivity contribution in [2.75, 3.05) is 11.4 Å². The number of nitrogens with zero attached hydrogens (tertiary/aromatic N) is 1. The maximum atomic E-state index is 12.8. The fourth-order valence-corrected chi connectivity index (χ4v) is 3.23. The molecule has 0 atom stereocenters. The zero-order valence-corrected chi connectivity index (χ0v) is 14.8. The number of halogens is 3. The number of alkyl halides is 3. The highest BCUT2D eigenvalue weighted by Crippen LogP contribution is 2.32. The summed E-state index contributed by atoms with van der Waals surface area (Å²) < 4.78 is 38.4. The van der Waals surface area contributed by atoms with Crippen molar-refractivity contribution in [3.63, 3.8) is 0 Å². The number of nitrogens with one attached hydrogen (secondary N) is 1. The summed E-state index contributed by atoms with van der Waals surface area (Å²) in [4.78, 5) is 26.2. The van der Waals surface area contributed by atoms with E-state index in [1.807, 2.05) is 0 Å². The van der Waals surface area contributed by atoms with Crippen LogP contribution in [0.4, 0.5) is 18.9 Å². The Hall–Kier alpha value is -2.83. The van der Waals surface area contributed by atoms with Gasteiger partial charge in [-0.15, -0.1) is 0 Å². The SMILES string of the molecule is CCC(=O)N1CCc2c(C(=O)NCc3cccc(C(F)(F)F)c3)cccc21. The summed E-state index contributed by atoms with van der Waals surface area (Å²) in [5.74, 6) is -0.370. The van der Waals surface area contributed by atoms with Crippen molar-refractivity contribution in [1.29, 1.82) is 0 Å². The van der Waals surface area contributed by atoms with Crippen molar-refractivity contribution in [2.24, 2.45) is 0 Å². The normalized spacial score (nSPS) is 13.4. The van der Waals surface area contributed by atoms with Gasteiger partial charge >= 0.3 is 6.18 Å². The lowest BCUT2D eigenvalue weighted by Gasteiger charge is -2.17. The molecule has 2 amide bonds. The molecule has 1 N–H and O–H groups in total. The van der Waals surface area contributed by atoms with Gasteiger partial charge in [-0.3, -0.25) is 9.59 Å². The predicted molar refractivity (Wildman–Crippen MR) is 95.4 cm³/mol. The van der Waals surface area contributed by atoms with Crippen molar-refractivity contribution >= 4 is 17.5 Å². The Kier molecular flexibility index (Phi) is 5.21. The predicted octanol–water partition coefficient (Wildman–Crippen LogP) is 3.93. The number of amides is 2. The van der Waals surface area contributed by atoms with Gasteiger partial charge in [-0.05, 0) is 41.8 Å². The average Bonchev–Trinajstić information content (AvgIpc) is 3.09. The summed E-state index contributed by atoms with van der Waals surface area (Å²) in [6.07, 6.45) is -3.46. The van der Waals surface area contributed by atoms with Gasteiger partial charge in [0.2, 0.25) is 5.91 Å². The number of carbonyl (C=O) groups is 2. The zero-order valence-electron chi connectivity index (χ0n) is 14.8. The van der Waals surface area contributed by atoms with Crippen LogP contribution in [0, 0.1) is 0 Å². The molecule has 0 radical (unpaired) electrons. The number of hydrogen-bond donors (Lipinski definition) is 1. The van der Waals surface area contributed by atoms with Crippen LogP contribution in [0.5, 0.6) is 0 Å². The number of anilines is 1. The van der Waals surface area contributed by atoms with E-state index in [9.17, 15) is 22.8 Å². The van der Waals surface area contributed by atoms with Crippen molar-refractivity contribution in [3.05, 3.63) is 64.7 Å². The topological polar surface area (TPSA) is 49.4 Å². The number of benzene rings is 2. The van der Waals surface area contributed by atoms with Crippen molar-refractivity contribution in [3.8, 4) is 0 Å². The molecule has 0 spiro atoms. The minimum atomic E-state index is -4.42. The van der Waals surface area contributed by atoms with Crippen LogP contribution in [0.3, 0.4) is 0 Å². The summed E-state index contributed by atoms with van der Waals surface area (Å²) in [7, 11) is 0. The Morgan fingerprint density at radius 3 is 2.59 bits per heavy atom. The second-order valence-electron chi connectivity index (χ2n) is 6.33. The van der Waals surface area contributed by atoms with Crippen LogP contribution in [0.15, 0.2) is 42.5 Å². The molecule has 3 rings (SSSR count). The van der Waals surface area contributed by atoms with Gasteiger partial charge in [0, 0.05) is 30.8 Å². The minimum Gasteiger partial charge on any atom is -0.348 e. The molecule has 0 fully saturated rings. The Morgan fingerprint density at radius 2 is 1.89 bits per heavy atom. The van der Waals surface area contributed by atoms with Crippen molar-refractivity contribution in [1.82, 2.24) is 5.32 Å². The van der Waals surface area contributed by atoms with Gasteiger partial charge < -0.3 is 10.2 Å². The lowest BCUT2D eigenvalue weighted by molar-refractivity contribution is -0.137. The van der Waals surface area contributed by atoms with Crippen LogP contribution >= 0.6 is 0 Å². The number of rotatable bonds is 4. The molecule has 2 aromatic rings. The van der Waals surface area contributed by atoms with Crippen LogP contribution < -0.4 is 10.2 Å². The summed E-state index contributed by atoms with van der Waals surface area (Å²) in [6, 6.07) is 10.1. The van der Waals surface area contributed by atoms with E-state index in [-0.39, 0.29) is 18.4 Å². The Balaban J connectivity index is 1.75. The highest BCUT2D eigenvalue weighted by atomic mass is 19.4. The summed E-state index contributed by atoms with van der Waals surface area (Å²) >= 11 is 0. The monoisotopic (exact) mass is 376 g/mol. The summed E-state index contributed by atoms with van der Waals surface area (Å²) in [6.45, 7) is 2.30. The van der Waals surface area contributed by atoms with Gasteiger partial charge in [0.25, 0.3) is 5.91 Å². The molecule has 142 valence electrons. The van der Waals surface area contributed by atoms with Gasteiger partial charge in [0.05, 0.1) is 5.56 Å². The molecule has 0 saturated heterocycles. The Morgan fingerprint density at radius 1 is 1.15 bits per heavy atom. The van der Waals surface area contributed by atoms with Crippen LogP contribution in [-0.4, -0.2) is 18.4 Å². The molecule has 0 saturated carbocycles. The highest BCUT2D eigenvalue weighted by Gasteiger charge is 2.30. The van der Waals surface area contributed by atoms with E-state index in [1.165, 1.54) is 12.1 Å². The fraction of sp³-hybridized carbons (Fsp3) is 0.300. The molecule has 27 heavy (non-hydrogen) atoms. The fourth-order valence-electron chi connectivity index (χ4n) is 3.23. The third-order valence-electron chi connectivity index (χ3n) is 4.58. The van der Waals surface area contributed by atoms with Gasteiger partial charge in [-0.2, -0.15) is 13.2 Å². The van der Waals surface area contributed by atoms with E-state index < -0.39 is 11.7 Å². The molecule has 2 aromatic carbocycles. The largest absolute Gasteiger partial charge is 0.416 e. The third-order valence-corrected chi connectivity index (χ3v) is 4.58. The molecular formula is C20H19F3N2O2. The van der Waals surface area contributed by atoms with E-state index in [2.05, 4.69) is 5.32 Å². The highest BCUT2D eigenvalue weighted by molar-refractivity contribution is 6.01. The molecule has 0 bridgehead atoms. The molecule has 1 heterocycles. The number of hydrogen-bond acceptors (Lipinski definition) is 2. The second kappa shape index (κ2) is 7.42. The zero-order chi connectivity index (χ0) is 19.6. The van der Waals surface area contributed by atoms with Crippen molar-refractivity contribution < 1.29 is 22.8 Å². The first-order chi connectivity index (χ1) is 12.8. The molecule has 1 aliphatic heterocycles. The van der Waals surface area contributed by atoms with Crippen molar-refractivity contribution in [2.45, 2.75) is 32.5 Å². The summed E-state index contributed by atoms with van der Waals surface area (Å²) in [5, 5.41) is 2.67. The molecule has 0 aromatic heterocycles. The second-order valence-corrected chi connectivity index (χ2v) is 6.33. The molecule has 7 heteroatoms. The third kappa shape index (κ3) is 3.97. The maximum Gasteiger partial charge on any atom is 0.416 e. The van der Waals surface area contributed by atoms with Crippen LogP contribution in [0.2, 0.25) is 0 Å². The molecule has 0 aliphatic carbocycles. The van der Waals surface area contributed by atoms with Crippen LogP contribution in [0.1, 0.15) is 40.4 Å². The van der Waals surface area contributed by atoms with E-state index >= 15 is 0 Å². The van der Waals surface area contributed by atoms with Crippen LogP contribution in [0.25, 0.3) is 0 Å². The molecule has 0 unspecified atom stereocenters. The van der Waals surface area contributed by atoms with E-state index in [0.717, 1.165) is 23.4 Å². The molecule has 1 aliphatic rings. The average molecular weight is 376 g/mol.